The fourth-order valence-corrected chi connectivity index (χ4v) is 2.09. The molecule has 0 spiro atoms. The standard InChI is InChI=1S/C12H16Cl2FNO/c1-8(16)5-9-6-10(13)7-11(14)12(9)17-4-2-3-15/h6-8H,2-5,16H2,1H3. The summed E-state index contributed by atoms with van der Waals surface area (Å²) >= 11 is 12.0. The molecule has 0 aliphatic rings. The van der Waals surface area contributed by atoms with E-state index in [1.807, 2.05) is 6.92 Å². The van der Waals surface area contributed by atoms with E-state index in [1.54, 1.807) is 12.1 Å². The van der Waals surface area contributed by atoms with Gasteiger partial charge in [0.15, 0.2) is 0 Å². The van der Waals surface area contributed by atoms with E-state index in [0.29, 0.717) is 35.2 Å². The molecule has 2 N–H and O–H groups in total. The van der Waals surface area contributed by atoms with Crippen LogP contribution in [-0.2, 0) is 6.42 Å². The van der Waals surface area contributed by atoms with Crippen molar-refractivity contribution in [3.63, 3.8) is 0 Å². The van der Waals surface area contributed by atoms with Gasteiger partial charge in [0, 0.05) is 17.5 Å². The predicted molar refractivity (Wildman–Crippen MR) is 69.9 cm³/mol. The van der Waals surface area contributed by atoms with Crippen molar-refractivity contribution >= 4 is 23.2 Å². The van der Waals surface area contributed by atoms with Gasteiger partial charge >= 0.3 is 0 Å². The van der Waals surface area contributed by atoms with Gasteiger partial charge in [-0.25, -0.2) is 0 Å². The Bertz CT molecular complexity index is 372. The second-order valence-corrected chi connectivity index (χ2v) is 4.79. The summed E-state index contributed by atoms with van der Waals surface area (Å²) in [6.45, 7) is 1.78. The highest BCUT2D eigenvalue weighted by Gasteiger charge is 2.12. The Kier molecular flexibility index (Phi) is 6.03. The van der Waals surface area contributed by atoms with Gasteiger partial charge in [-0.3, -0.25) is 4.39 Å². The molecule has 0 heterocycles. The fourth-order valence-electron chi connectivity index (χ4n) is 1.50. The first-order valence-corrected chi connectivity index (χ1v) is 6.22. The van der Waals surface area contributed by atoms with Gasteiger partial charge in [-0.1, -0.05) is 23.2 Å². The number of rotatable bonds is 6. The third-order valence-electron chi connectivity index (χ3n) is 2.15. The van der Waals surface area contributed by atoms with Gasteiger partial charge in [-0.2, -0.15) is 0 Å². The molecule has 0 aliphatic heterocycles. The topological polar surface area (TPSA) is 35.2 Å². The molecule has 0 aliphatic carbocycles. The third-order valence-corrected chi connectivity index (χ3v) is 2.65. The Balaban J connectivity index is 2.90. The highest BCUT2D eigenvalue weighted by molar-refractivity contribution is 6.35. The Labute approximate surface area is 111 Å². The maximum absolute atomic E-state index is 12.0. The zero-order valence-electron chi connectivity index (χ0n) is 9.68. The first kappa shape index (κ1) is 14.6. The summed E-state index contributed by atoms with van der Waals surface area (Å²) in [5, 5.41) is 0.982. The Morgan fingerprint density at radius 3 is 2.71 bits per heavy atom. The van der Waals surface area contributed by atoms with Gasteiger partial charge in [0.25, 0.3) is 0 Å². The van der Waals surface area contributed by atoms with E-state index >= 15 is 0 Å². The Hall–Kier alpha value is -0.510. The molecule has 96 valence electrons. The van der Waals surface area contributed by atoms with E-state index in [4.69, 9.17) is 33.7 Å². The first-order valence-electron chi connectivity index (χ1n) is 5.47. The Morgan fingerprint density at radius 1 is 1.41 bits per heavy atom. The maximum atomic E-state index is 12.0. The molecule has 5 heteroatoms. The van der Waals surface area contributed by atoms with Crippen molar-refractivity contribution < 1.29 is 9.13 Å². The average molecular weight is 280 g/mol. The highest BCUT2D eigenvalue weighted by Crippen LogP contribution is 2.33. The van der Waals surface area contributed by atoms with Crippen molar-refractivity contribution in [3.05, 3.63) is 27.7 Å². The molecule has 1 atom stereocenters. The lowest BCUT2D eigenvalue weighted by molar-refractivity contribution is 0.287. The summed E-state index contributed by atoms with van der Waals surface area (Å²) in [6.07, 6.45) is 0.960. The number of alkyl halides is 1. The molecule has 17 heavy (non-hydrogen) atoms. The number of ether oxygens (including phenoxy) is 1. The van der Waals surface area contributed by atoms with Crippen LogP contribution in [0.15, 0.2) is 12.1 Å². The molecule has 0 fully saturated rings. The fraction of sp³-hybridized carbons (Fsp3) is 0.500. The summed E-state index contributed by atoms with van der Waals surface area (Å²) < 4.78 is 17.5. The quantitative estimate of drug-likeness (QED) is 0.808. The van der Waals surface area contributed by atoms with Crippen LogP contribution in [0.4, 0.5) is 4.39 Å². The second-order valence-electron chi connectivity index (χ2n) is 3.95. The molecule has 1 aromatic rings. The zero-order valence-corrected chi connectivity index (χ0v) is 11.2. The maximum Gasteiger partial charge on any atom is 0.141 e. The lowest BCUT2D eigenvalue weighted by Crippen LogP contribution is -2.18. The molecule has 1 rings (SSSR count). The van der Waals surface area contributed by atoms with Gasteiger partial charge in [-0.15, -0.1) is 0 Å². The lowest BCUT2D eigenvalue weighted by atomic mass is 10.1. The lowest BCUT2D eigenvalue weighted by Gasteiger charge is -2.15. The highest BCUT2D eigenvalue weighted by atomic mass is 35.5. The van der Waals surface area contributed by atoms with Crippen LogP contribution in [0.1, 0.15) is 18.9 Å². The molecule has 0 amide bonds. The Morgan fingerprint density at radius 2 is 2.12 bits per heavy atom. The van der Waals surface area contributed by atoms with Crippen LogP contribution >= 0.6 is 23.2 Å². The summed E-state index contributed by atoms with van der Waals surface area (Å²) in [4.78, 5) is 0. The summed E-state index contributed by atoms with van der Waals surface area (Å²) in [5.74, 6) is 0.557. The smallest absolute Gasteiger partial charge is 0.141 e. The molecule has 0 saturated heterocycles. The van der Waals surface area contributed by atoms with Crippen LogP contribution in [0.25, 0.3) is 0 Å². The second kappa shape index (κ2) is 7.04. The molecule has 0 saturated carbocycles. The summed E-state index contributed by atoms with van der Waals surface area (Å²) in [5.41, 5.74) is 6.60. The molecule has 2 nitrogen and oxygen atoms in total. The summed E-state index contributed by atoms with van der Waals surface area (Å²) in [7, 11) is 0. The number of hydrogen-bond donors (Lipinski definition) is 1. The van der Waals surface area contributed by atoms with Crippen molar-refractivity contribution in [1.29, 1.82) is 0 Å². The van der Waals surface area contributed by atoms with Crippen LogP contribution in [-0.4, -0.2) is 19.3 Å². The zero-order chi connectivity index (χ0) is 12.8. The van der Waals surface area contributed by atoms with E-state index < -0.39 is 6.67 Å². The average Bonchev–Trinajstić information content (AvgIpc) is 2.21. The van der Waals surface area contributed by atoms with Gasteiger partial charge in [0.1, 0.15) is 5.75 Å². The minimum atomic E-state index is -0.409. The minimum absolute atomic E-state index is 0.0203. The normalized spacial score (nSPS) is 12.5. The van der Waals surface area contributed by atoms with Crippen LogP contribution in [0.5, 0.6) is 5.75 Å². The van der Waals surface area contributed by atoms with Crippen molar-refractivity contribution in [1.82, 2.24) is 0 Å². The van der Waals surface area contributed by atoms with Gasteiger partial charge in [0.05, 0.1) is 18.3 Å². The van der Waals surface area contributed by atoms with Crippen LogP contribution < -0.4 is 10.5 Å². The van der Waals surface area contributed by atoms with Crippen LogP contribution in [0.3, 0.4) is 0 Å². The first-order chi connectivity index (χ1) is 8.04. The molecule has 1 unspecified atom stereocenters. The van der Waals surface area contributed by atoms with E-state index in [2.05, 4.69) is 0 Å². The third kappa shape index (κ3) is 4.70. The predicted octanol–water partition coefficient (Wildman–Crippen LogP) is 3.62. The number of benzene rings is 1. The van der Waals surface area contributed by atoms with Crippen LogP contribution in [0.2, 0.25) is 10.0 Å². The van der Waals surface area contributed by atoms with E-state index in [9.17, 15) is 4.39 Å². The van der Waals surface area contributed by atoms with Crippen molar-refractivity contribution in [2.45, 2.75) is 25.8 Å². The van der Waals surface area contributed by atoms with Crippen molar-refractivity contribution in [2.75, 3.05) is 13.3 Å². The van der Waals surface area contributed by atoms with Gasteiger partial charge in [-0.05, 0) is 31.0 Å². The van der Waals surface area contributed by atoms with Crippen LogP contribution in [0, 0.1) is 0 Å². The molecular weight excluding hydrogens is 264 g/mol. The monoisotopic (exact) mass is 279 g/mol. The van der Waals surface area contributed by atoms with Crippen molar-refractivity contribution in [3.8, 4) is 5.75 Å². The van der Waals surface area contributed by atoms with Gasteiger partial charge in [0.2, 0.25) is 0 Å². The van der Waals surface area contributed by atoms with E-state index in [-0.39, 0.29) is 6.04 Å². The molecule has 0 radical (unpaired) electrons. The number of nitrogens with two attached hydrogens (primary N) is 1. The van der Waals surface area contributed by atoms with Crippen molar-refractivity contribution in [2.24, 2.45) is 5.73 Å². The largest absolute Gasteiger partial charge is 0.492 e. The number of hydrogen-bond acceptors (Lipinski definition) is 2. The summed E-state index contributed by atoms with van der Waals surface area (Å²) in [6, 6.07) is 3.37. The van der Waals surface area contributed by atoms with E-state index in [0.717, 1.165) is 5.56 Å². The van der Waals surface area contributed by atoms with Gasteiger partial charge < -0.3 is 10.5 Å². The SMILES string of the molecule is CC(N)Cc1cc(Cl)cc(Cl)c1OCCCF. The molecule has 1 aromatic carbocycles. The molecule has 0 bridgehead atoms. The van der Waals surface area contributed by atoms with E-state index in [1.165, 1.54) is 0 Å². The molecular formula is C12H16Cl2FNO. The molecule has 0 aromatic heterocycles. The minimum Gasteiger partial charge on any atom is -0.492 e. The number of halogens is 3.